The van der Waals surface area contributed by atoms with Gasteiger partial charge in [0.05, 0.1) is 12.1 Å². The topological polar surface area (TPSA) is 12.5 Å². The SMILES string of the molecule is C#CCN1CCCC2(CC1)OC(c1ccccc1)c1ccccc12. The molecule has 0 amide bonds. The fraction of sp³-hybridized carbons (Fsp3) is 0.364. The maximum absolute atomic E-state index is 6.77. The largest absolute Gasteiger partial charge is 0.358 e. The summed E-state index contributed by atoms with van der Waals surface area (Å²) >= 11 is 0. The third-order valence-electron chi connectivity index (χ3n) is 5.38. The van der Waals surface area contributed by atoms with E-state index in [4.69, 9.17) is 11.2 Å². The summed E-state index contributed by atoms with van der Waals surface area (Å²) in [5.74, 6) is 2.78. The average Bonchev–Trinajstić information content (AvgIpc) is 2.81. The van der Waals surface area contributed by atoms with E-state index in [1.54, 1.807) is 0 Å². The van der Waals surface area contributed by atoms with Crippen molar-refractivity contribution in [2.75, 3.05) is 19.6 Å². The average molecular weight is 317 g/mol. The van der Waals surface area contributed by atoms with Crippen molar-refractivity contribution in [3.05, 3.63) is 71.3 Å². The lowest BCUT2D eigenvalue weighted by molar-refractivity contribution is -0.0705. The molecule has 1 spiro atoms. The molecule has 0 saturated carbocycles. The van der Waals surface area contributed by atoms with Gasteiger partial charge >= 0.3 is 0 Å². The Morgan fingerprint density at radius 2 is 1.83 bits per heavy atom. The minimum atomic E-state index is -0.166. The molecule has 2 nitrogen and oxygen atoms in total. The molecule has 24 heavy (non-hydrogen) atoms. The summed E-state index contributed by atoms with van der Waals surface area (Å²) in [4.78, 5) is 2.37. The molecule has 2 aliphatic rings. The maximum atomic E-state index is 6.77. The van der Waals surface area contributed by atoms with Gasteiger partial charge in [0.2, 0.25) is 0 Å². The minimum absolute atomic E-state index is 0.0431. The monoisotopic (exact) mass is 317 g/mol. The number of hydrogen-bond acceptors (Lipinski definition) is 2. The van der Waals surface area contributed by atoms with Crippen molar-refractivity contribution in [2.45, 2.75) is 31.0 Å². The van der Waals surface area contributed by atoms with E-state index in [0.29, 0.717) is 0 Å². The molecule has 0 radical (unpaired) electrons. The molecule has 4 rings (SSSR count). The molecule has 0 aromatic heterocycles. The molecule has 2 unspecified atom stereocenters. The summed E-state index contributed by atoms with van der Waals surface area (Å²) in [6, 6.07) is 19.3. The molecule has 2 aromatic carbocycles. The van der Waals surface area contributed by atoms with Crippen LogP contribution in [0.2, 0.25) is 0 Å². The van der Waals surface area contributed by atoms with E-state index in [9.17, 15) is 0 Å². The normalized spacial score (nSPS) is 26.7. The van der Waals surface area contributed by atoms with Gasteiger partial charge in [-0.3, -0.25) is 4.90 Å². The van der Waals surface area contributed by atoms with E-state index in [2.05, 4.69) is 65.4 Å². The lowest BCUT2D eigenvalue weighted by atomic mass is 9.85. The molecule has 0 bridgehead atoms. The maximum Gasteiger partial charge on any atom is 0.109 e. The molecule has 2 heterocycles. The predicted octanol–water partition coefficient (Wildman–Crippen LogP) is 4.12. The zero-order valence-corrected chi connectivity index (χ0v) is 13.9. The van der Waals surface area contributed by atoms with Crippen LogP contribution in [-0.2, 0) is 10.3 Å². The highest BCUT2D eigenvalue weighted by atomic mass is 16.5. The molecular formula is C22H23NO. The van der Waals surface area contributed by atoms with E-state index in [0.717, 1.165) is 38.9 Å². The van der Waals surface area contributed by atoms with Crippen molar-refractivity contribution in [3.8, 4) is 12.3 Å². The van der Waals surface area contributed by atoms with Gasteiger partial charge < -0.3 is 4.74 Å². The first kappa shape index (κ1) is 15.4. The second-order valence-electron chi connectivity index (χ2n) is 6.82. The van der Waals surface area contributed by atoms with Crippen molar-refractivity contribution in [1.82, 2.24) is 4.90 Å². The third-order valence-corrected chi connectivity index (χ3v) is 5.38. The molecule has 2 heteroatoms. The fourth-order valence-corrected chi connectivity index (χ4v) is 4.21. The molecule has 0 N–H and O–H groups in total. The number of hydrogen-bond donors (Lipinski definition) is 0. The van der Waals surface area contributed by atoms with Gasteiger partial charge in [-0.1, -0.05) is 60.5 Å². The zero-order chi connectivity index (χ0) is 16.4. The van der Waals surface area contributed by atoms with E-state index in [1.807, 2.05) is 0 Å². The van der Waals surface area contributed by atoms with Crippen molar-refractivity contribution >= 4 is 0 Å². The van der Waals surface area contributed by atoms with Gasteiger partial charge in [0, 0.05) is 6.54 Å². The number of terminal acetylenes is 1. The molecule has 0 aliphatic carbocycles. The zero-order valence-electron chi connectivity index (χ0n) is 13.9. The van der Waals surface area contributed by atoms with E-state index < -0.39 is 0 Å². The summed E-state index contributed by atoms with van der Waals surface area (Å²) in [6.07, 6.45) is 8.75. The van der Waals surface area contributed by atoms with Crippen LogP contribution in [0.5, 0.6) is 0 Å². The van der Waals surface area contributed by atoms with Gasteiger partial charge in [-0.2, -0.15) is 0 Å². The fourth-order valence-electron chi connectivity index (χ4n) is 4.21. The first-order valence-electron chi connectivity index (χ1n) is 8.80. The first-order valence-corrected chi connectivity index (χ1v) is 8.80. The van der Waals surface area contributed by atoms with Gasteiger partial charge in [0.1, 0.15) is 6.10 Å². The van der Waals surface area contributed by atoms with Crippen LogP contribution in [0.1, 0.15) is 42.1 Å². The third kappa shape index (κ3) is 2.65. The lowest BCUT2D eigenvalue weighted by Crippen LogP contribution is -2.29. The molecular weight excluding hydrogens is 294 g/mol. The van der Waals surface area contributed by atoms with Crippen molar-refractivity contribution < 1.29 is 4.74 Å². The summed E-state index contributed by atoms with van der Waals surface area (Å²) in [5.41, 5.74) is 3.78. The van der Waals surface area contributed by atoms with Crippen LogP contribution in [0.25, 0.3) is 0 Å². The Balaban J connectivity index is 1.69. The van der Waals surface area contributed by atoms with E-state index in [1.165, 1.54) is 16.7 Å². The highest BCUT2D eigenvalue weighted by Crippen LogP contribution is 2.51. The smallest absolute Gasteiger partial charge is 0.109 e. The van der Waals surface area contributed by atoms with Crippen LogP contribution in [0.15, 0.2) is 54.6 Å². The summed E-state index contributed by atoms with van der Waals surface area (Å²) in [7, 11) is 0. The summed E-state index contributed by atoms with van der Waals surface area (Å²) in [6.45, 7) is 2.80. The minimum Gasteiger partial charge on any atom is -0.358 e. The van der Waals surface area contributed by atoms with Crippen LogP contribution < -0.4 is 0 Å². The second-order valence-corrected chi connectivity index (χ2v) is 6.82. The Bertz CT molecular complexity index is 748. The molecule has 122 valence electrons. The second kappa shape index (κ2) is 6.43. The van der Waals surface area contributed by atoms with Gasteiger partial charge in [0.15, 0.2) is 0 Å². The molecule has 2 aliphatic heterocycles. The van der Waals surface area contributed by atoms with E-state index >= 15 is 0 Å². The molecule has 2 aromatic rings. The summed E-state index contributed by atoms with van der Waals surface area (Å²) in [5, 5.41) is 0. The lowest BCUT2D eigenvalue weighted by Gasteiger charge is -2.29. The number of rotatable bonds is 2. The van der Waals surface area contributed by atoms with Crippen LogP contribution in [0.3, 0.4) is 0 Å². The first-order chi connectivity index (χ1) is 11.8. The highest BCUT2D eigenvalue weighted by Gasteiger charge is 2.45. The predicted molar refractivity (Wildman–Crippen MR) is 96.6 cm³/mol. The van der Waals surface area contributed by atoms with Crippen molar-refractivity contribution in [1.29, 1.82) is 0 Å². The number of likely N-dealkylation sites (tertiary alicyclic amines) is 1. The van der Waals surface area contributed by atoms with Crippen LogP contribution in [0.4, 0.5) is 0 Å². The van der Waals surface area contributed by atoms with Crippen LogP contribution in [0, 0.1) is 12.3 Å². The van der Waals surface area contributed by atoms with Gasteiger partial charge in [-0.15, -0.1) is 6.42 Å². The number of ether oxygens (including phenoxy) is 1. The van der Waals surface area contributed by atoms with Crippen LogP contribution >= 0.6 is 0 Å². The summed E-state index contributed by atoms with van der Waals surface area (Å²) < 4.78 is 6.77. The van der Waals surface area contributed by atoms with Gasteiger partial charge in [-0.25, -0.2) is 0 Å². The van der Waals surface area contributed by atoms with E-state index in [-0.39, 0.29) is 11.7 Å². The molecule has 1 saturated heterocycles. The highest BCUT2D eigenvalue weighted by molar-refractivity contribution is 5.43. The molecule has 2 atom stereocenters. The quantitative estimate of drug-likeness (QED) is 0.773. The Morgan fingerprint density at radius 1 is 1.04 bits per heavy atom. The van der Waals surface area contributed by atoms with Gasteiger partial charge in [0.25, 0.3) is 0 Å². The number of fused-ring (bicyclic) bond motifs is 2. The van der Waals surface area contributed by atoms with Crippen molar-refractivity contribution in [3.63, 3.8) is 0 Å². The number of nitrogens with zero attached hydrogens (tertiary/aromatic N) is 1. The number of benzene rings is 2. The van der Waals surface area contributed by atoms with Crippen molar-refractivity contribution in [2.24, 2.45) is 0 Å². The van der Waals surface area contributed by atoms with Crippen LogP contribution in [-0.4, -0.2) is 24.5 Å². The molecule has 1 fully saturated rings. The standard InChI is InChI=1S/C22H23NO/c1-2-15-23-16-8-13-22(14-17-23)20-12-7-6-11-19(20)21(24-22)18-9-4-3-5-10-18/h1,3-7,9-12,21H,8,13-17H2. The Hall–Kier alpha value is -2.08. The Labute approximate surface area is 144 Å². The Kier molecular flexibility index (Phi) is 4.14. The Morgan fingerprint density at radius 3 is 2.67 bits per heavy atom. The van der Waals surface area contributed by atoms with Gasteiger partial charge in [-0.05, 0) is 42.5 Å².